The molecule has 6 heteroatoms. The van der Waals surface area contributed by atoms with Gasteiger partial charge < -0.3 is 9.84 Å². The molecule has 3 heterocycles. The summed E-state index contributed by atoms with van der Waals surface area (Å²) in [6.45, 7) is 2.02. The third-order valence-corrected chi connectivity index (χ3v) is 3.04. The van der Waals surface area contributed by atoms with Crippen molar-refractivity contribution in [1.82, 2.24) is 25.2 Å². The quantitative estimate of drug-likeness (QED) is 0.836. The van der Waals surface area contributed by atoms with E-state index in [0.717, 1.165) is 37.4 Å². The molecule has 1 saturated heterocycles. The number of hydrogen-bond acceptors (Lipinski definition) is 5. The molecule has 2 aromatic rings. The van der Waals surface area contributed by atoms with E-state index in [2.05, 4.69) is 20.6 Å². The summed E-state index contributed by atoms with van der Waals surface area (Å²) in [6.07, 6.45) is 4.15. The number of aryl methyl sites for hydroxylation is 1. The second kappa shape index (κ2) is 4.29. The van der Waals surface area contributed by atoms with Crippen molar-refractivity contribution in [2.24, 2.45) is 7.05 Å². The van der Waals surface area contributed by atoms with E-state index >= 15 is 0 Å². The van der Waals surface area contributed by atoms with Gasteiger partial charge in [0.2, 0.25) is 0 Å². The maximum atomic E-state index is 5.25. The molecule has 1 aliphatic heterocycles. The molecule has 0 aromatic carbocycles. The van der Waals surface area contributed by atoms with Crippen LogP contribution in [0.4, 0.5) is 0 Å². The van der Waals surface area contributed by atoms with Crippen LogP contribution >= 0.6 is 0 Å². The van der Waals surface area contributed by atoms with E-state index in [9.17, 15) is 0 Å². The van der Waals surface area contributed by atoms with E-state index in [-0.39, 0.29) is 0 Å². The minimum absolute atomic E-state index is 0.366. The average molecular weight is 233 g/mol. The van der Waals surface area contributed by atoms with Crippen molar-refractivity contribution in [1.29, 1.82) is 0 Å². The lowest BCUT2D eigenvalue weighted by atomic mass is 9.99. The average Bonchev–Trinajstić information content (AvgIpc) is 2.98. The summed E-state index contributed by atoms with van der Waals surface area (Å²) in [5.74, 6) is 1.66. The van der Waals surface area contributed by atoms with Gasteiger partial charge in [0.15, 0.2) is 11.5 Å². The van der Waals surface area contributed by atoms with Crippen LogP contribution in [0.25, 0.3) is 11.6 Å². The van der Waals surface area contributed by atoms with E-state index in [1.807, 2.05) is 19.3 Å². The fourth-order valence-corrected chi connectivity index (χ4v) is 2.11. The van der Waals surface area contributed by atoms with Crippen LogP contribution in [-0.2, 0) is 7.05 Å². The number of aromatic nitrogens is 4. The second-order valence-electron chi connectivity index (χ2n) is 4.38. The van der Waals surface area contributed by atoms with Gasteiger partial charge in [-0.15, -0.1) is 0 Å². The highest BCUT2D eigenvalue weighted by Crippen LogP contribution is 2.23. The van der Waals surface area contributed by atoms with Crippen molar-refractivity contribution in [3.8, 4) is 11.6 Å². The molecule has 90 valence electrons. The van der Waals surface area contributed by atoms with E-state index < -0.39 is 0 Å². The van der Waals surface area contributed by atoms with Crippen LogP contribution in [0, 0.1) is 0 Å². The molecule has 1 aliphatic rings. The summed E-state index contributed by atoms with van der Waals surface area (Å²) in [5.41, 5.74) is 0.731. The van der Waals surface area contributed by atoms with Gasteiger partial charge in [0.05, 0.1) is 0 Å². The Bertz CT molecular complexity index is 497. The Hall–Kier alpha value is -1.69. The Labute approximate surface area is 99.0 Å². The number of nitrogens with one attached hydrogen (secondary N) is 1. The molecule has 6 nitrogen and oxygen atoms in total. The Morgan fingerprint density at radius 3 is 3.18 bits per heavy atom. The molecule has 0 bridgehead atoms. The Morgan fingerprint density at radius 1 is 1.53 bits per heavy atom. The first-order chi connectivity index (χ1) is 8.33. The summed E-state index contributed by atoms with van der Waals surface area (Å²) >= 11 is 0. The summed E-state index contributed by atoms with van der Waals surface area (Å²) in [5, 5.41) is 11.6. The molecule has 0 spiro atoms. The van der Waals surface area contributed by atoms with Gasteiger partial charge in [0, 0.05) is 25.7 Å². The molecule has 1 atom stereocenters. The first kappa shape index (κ1) is 10.5. The molecule has 3 rings (SSSR count). The maximum absolute atomic E-state index is 5.25. The molecule has 1 unspecified atom stereocenters. The standard InChI is InChI=1S/C11H15N5O/c1-16-6-4-9(14-16)11-13-10(15-17-11)8-3-2-5-12-7-8/h4,6,8,12H,2-3,5,7H2,1H3. The van der Waals surface area contributed by atoms with E-state index in [0.29, 0.717) is 11.8 Å². The fraction of sp³-hybridized carbons (Fsp3) is 0.545. The molecular weight excluding hydrogens is 218 g/mol. The maximum Gasteiger partial charge on any atom is 0.278 e. The number of nitrogens with zero attached hydrogens (tertiary/aromatic N) is 4. The van der Waals surface area contributed by atoms with Gasteiger partial charge in [-0.3, -0.25) is 4.68 Å². The normalized spacial score (nSPS) is 20.6. The third-order valence-electron chi connectivity index (χ3n) is 3.04. The summed E-state index contributed by atoms with van der Waals surface area (Å²) in [4.78, 5) is 4.42. The first-order valence-corrected chi connectivity index (χ1v) is 5.87. The lowest BCUT2D eigenvalue weighted by Gasteiger charge is -2.19. The van der Waals surface area contributed by atoms with Crippen LogP contribution in [0.3, 0.4) is 0 Å². The zero-order chi connectivity index (χ0) is 11.7. The zero-order valence-electron chi connectivity index (χ0n) is 9.76. The minimum atomic E-state index is 0.366. The molecular formula is C11H15N5O. The van der Waals surface area contributed by atoms with Crippen molar-refractivity contribution in [3.05, 3.63) is 18.1 Å². The van der Waals surface area contributed by atoms with Crippen LogP contribution in [0.2, 0.25) is 0 Å². The van der Waals surface area contributed by atoms with Gasteiger partial charge in [0.1, 0.15) is 0 Å². The van der Waals surface area contributed by atoms with Gasteiger partial charge in [-0.2, -0.15) is 10.1 Å². The van der Waals surface area contributed by atoms with E-state index in [4.69, 9.17) is 4.52 Å². The molecule has 2 aromatic heterocycles. The predicted octanol–water partition coefficient (Wildman–Crippen LogP) is 0.937. The second-order valence-corrected chi connectivity index (χ2v) is 4.38. The molecule has 0 radical (unpaired) electrons. The summed E-state index contributed by atoms with van der Waals surface area (Å²) in [7, 11) is 1.87. The molecule has 0 saturated carbocycles. The summed E-state index contributed by atoms with van der Waals surface area (Å²) < 4.78 is 6.98. The number of piperidine rings is 1. The zero-order valence-corrected chi connectivity index (χ0v) is 9.76. The van der Waals surface area contributed by atoms with E-state index in [1.165, 1.54) is 0 Å². The highest BCUT2D eigenvalue weighted by atomic mass is 16.5. The lowest BCUT2D eigenvalue weighted by Crippen LogP contribution is -2.28. The first-order valence-electron chi connectivity index (χ1n) is 5.87. The van der Waals surface area contributed by atoms with Gasteiger partial charge in [-0.1, -0.05) is 5.16 Å². The van der Waals surface area contributed by atoms with Gasteiger partial charge >= 0.3 is 0 Å². The topological polar surface area (TPSA) is 68.8 Å². The largest absolute Gasteiger partial charge is 0.332 e. The smallest absolute Gasteiger partial charge is 0.278 e. The minimum Gasteiger partial charge on any atom is -0.332 e. The van der Waals surface area contributed by atoms with Crippen molar-refractivity contribution in [2.75, 3.05) is 13.1 Å². The molecule has 0 aliphatic carbocycles. The van der Waals surface area contributed by atoms with Gasteiger partial charge in [-0.05, 0) is 25.5 Å². The summed E-state index contributed by atoms with van der Waals surface area (Å²) in [6, 6.07) is 1.87. The fourth-order valence-electron chi connectivity index (χ4n) is 2.11. The molecule has 17 heavy (non-hydrogen) atoms. The van der Waals surface area contributed by atoms with Crippen molar-refractivity contribution < 1.29 is 4.52 Å². The molecule has 0 amide bonds. The number of hydrogen-bond donors (Lipinski definition) is 1. The highest BCUT2D eigenvalue weighted by Gasteiger charge is 2.21. The Morgan fingerprint density at radius 2 is 2.47 bits per heavy atom. The Balaban J connectivity index is 1.82. The van der Waals surface area contributed by atoms with Gasteiger partial charge in [0.25, 0.3) is 5.89 Å². The van der Waals surface area contributed by atoms with E-state index in [1.54, 1.807) is 4.68 Å². The molecule has 1 N–H and O–H groups in total. The van der Waals surface area contributed by atoms with Crippen molar-refractivity contribution in [3.63, 3.8) is 0 Å². The Kier molecular flexibility index (Phi) is 2.64. The van der Waals surface area contributed by atoms with Crippen LogP contribution in [0.15, 0.2) is 16.8 Å². The van der Waals surface area contributed by atoms with Crippen LogP contribution in [0.5, 0.6) is 0 Å². The highest BCUT2D eigenvalue weighted by molar-refractivity contribution is 5.44. The monoisotopic (exact) mass is 233 g/mol. The van der Waals surface area contributed by atoms with Crippen molar-refractivity contribution in [2.45, 2.75) is 18.8 Å². The van der Waals surface area contributed by atoms with Crippen LogP contribution in [-0.4, -0.2) is 33.0 Å². The van der Waals surface area contributed by atoms with Crippen LogP contribution in [0.1, 0.15) is 24.6 Å². The lowest BCUT2D eigenvalue weighted by molar-refractivity contribution is 0.392. The molecule has 1 fully saturated rings. The number of rotatable bonds is 2. The van der Waals surface area contributed by atoms with Gasteiger partial charge in [-0.25, -0.2) is 0 Å². The van der Waals surface area contributed by atoms with Crippen LogP contribution < -0.4 is 5.32 Å². The SMILES string of the molecule is Cn1ccc(-c2nc(C3CCCNC3)no2)n1. The predicted molar refractivity (Wildman–Crippen MR) is 61.3 cm³/mol. The third kappa shape index (κ3) is 2.08. The van der Waals surface area contributed by atoms with Crippen molar-refractivity contribution >= 4 is 0 Å².